The number of carbonyl (C=O) groups is 3. The third-order valence-electron chi connectivity index (χ3n) is 11.0. The summed E-state index contributed by atoms with van der Waals surface area (Å²) in [4.78, 5) is 43.3. The van der Waals surface area contributed by atoms with Crippen molar-refractivity contribution in [2.75, 3.05) is 19.3 Å². The van der Waals surface area contributed by atoms with Crippen molar-refractivity contribution in [1.29, 1.82) is 0 Å². The van der Waals surface area contributed by atoms with Crippen LogP contribution in [0.2, 0.25) is 0 Å². The molecule has 1 aromatic rings. The molecule has 11 heteroatoms. The fourth-order valence-corrected chi connectivity index (χ4v) is 8.40. The van der Waals surface area contributed by atoms with Gasteiger partial charge in [0.15, 0.2) is 9.84 Å². The Kier molecular flexibility index (Phi) is 12.8. The molecule has 48 heavy (non-hydrogen) atoms. The minimum absolute atomic E-state index is 0.0530. The molecule has 1 heterocycles. The van der Waals surface area contributed by atoms with Crippen LogP contribution < -0.4 is 16.0 Å². The van der Waals surface area contributed by atoms with Crippen molar-refractivity contribution < 1.29 is 27.9 Å². The zero-order valence-electron chi connectivity index (χ0n) is 30.0. The highest BCUT2D eigenvalue weighted by Crippen LogP contribution is 2.39. The average molecular weight is 689 g/mol. The first-order valence-corrected chi connectivity index (χ1v) is 19.9. The third-order valence-corrected chi connectivity index (χ3v) is 13.1. The molecule has 2 saturated carbocycles. The van der Waals surface area contributed by atoms with Crippen LogP contribution in [0.15, 0.2) is 30.3 Å². The third kappa shape index (κ3) is 10.0. The molecule has 0 aromatic heterocycles. The zero-order valence-corrected chi connectivity index (χ0v) is 30.8. The van der Waals surface area contributed by atoms with E-state index in [2.05, 4.69) is 20.9 Å². The highest BCUT2D eigenvalue weighted by Gasteiger charge is 2.46. The Balaban J connectivity index is 1.60. The van der Waals surface area contributed by atoms with Crippen LogP contribution >= 0.6 is 0 Å². The van der Waals surface area contributed by atoms with Crippen LogP contribution in [0.4, 0.5) is 0 Å². The maximum absolute atomic E-state index is 14.2. The van der Waals surface area contributed by atoms with E-state index in [9.17, 15) is 27.9 Å². The van der Waals surface area contributed by atoms with Crippen molar-refractivity contribution in [2.24, 2.45) is 17.8 Å². The van der Waals surface area contributed by atoms with Crippen molar-refractivity contribution in [2.45, 2.75) is 140 Å². The van der Waals surface area contributed by atoms with Crippen LogP contribution in [0, 0.1) is 17.8 Å². The fourth-order valence-electron chi connectivity index (χ4n) is 7.81. The number of β-amino-alcohol motifs (C(OH)–C–C–N with tert-alkyl or cyclic N) is 1. The molecule has 6 atom stereocenters. The molecule has 3 aliphatic rings. The Morgan fingerprint density at radius 1 is 0.875 bits per heavy atom. The Bertz CT molecular complexity index is 1360. The minimum Gasteiger partial charge on any atom is -0.390 e. The molecule has 0 radical (unpaired) electrons. The summed E-state index contributed by atoms with van der Waals surface area (Å²) in [6, 6.07) is 6.94. The minimum atomic E-state index is -3.79. The van der Waals surface area contributed by atoms with Crippen molar-refractivity contribution in [1.82, 2.24) is 20.9 Å². The Morgan fingerprint density at radius 3 is 2.08 bits per heavy atom. The van der Waals surface area contributed by atoms with Crippen LogP contribution in [0.25, 0.3) is 0 Å². The number of nitrogens with zero attached hydrogens (tertiary/aromatic N) is 1. The van der Waals surface area contributed by atoms with Crippen molar-refractivity contribution in [3.63, 3.8) is 0 Å². The zero-order chi connectivity index (χ0) is 35.3. The van der Waals surface area contributed by atoms with Gasteiger partial charge in [-0.2, -0.15) is 0 Å². The van der Waals surface area contributed by atoms with Gasteiger partial charge in [-0.25, -0.2) is 8.42 Å². The van der Waals surface area contributed by atoms with Gasteiger partial charge in [0, 0.05) is 30.8 Å². The lowest BCUT2D eigenvalue weighted by atomic mass is 9.72. The van der Waals surface area contributed by atoms with Gasteiger partial charge in [-0.3, -0.25) is 19.3 Å². The van der Waals surface area contributed by atoms with Crippen LogP contribution in [0.3, 0.4) is 0 Å². The maximum Gasteiger partial charge on any atom is 0.244 e. The molecule has 0 spiro atoms. The molecule has 6 unspecified atom stereocenters. The second-order valence-electron chi connectivity index (χ2n) is 16.3. The molecule has 4 N–H and O–H groups in total. The van der Waals surface area contributed by atoms with Gasteiger partial charge < -0.3 is 21.1 Å². The summed E-state index contributed by atoms with van der Waals surface area (Å²) in [7, 11) is -3.79. The summed E-state index contributed by atoms with van der Waals surface area (Å²) < 4.78 is 24.4. The lowest BCUT2D eigenvalue weighted by molar-refractivity contribution is -0.134. The fraction of sp³-hybridized carbons (Fsp3) is 0.757. The quantitative estimate of drug-likeness (QED) is 0.262. The first kappa shape index (κ1) is 38.3. The predicted octanol–water partition coefficient (Wildman–Crippen LogP) is 3.76. The molecule has 10 nitrogen and oxygen atoms in total. The number of carbonyl (C=O) groups excluding carboxylic acids is 3. The summed E-state index contributed by atoms with van der Waals surface area (Å²) >= 11 is 0. The SMILES string of the molecule is CC(C)(C)NC(=O)C1CC2CCCCC2CN1CC(O)C(Cc1ccccc1)NC(=O)C(NC(=O)C1CCCCC1)C(C)(C)S(C)(=O)=O. The largest absolute Gasteiger partial charge is 0.390 e. The van der Waals surface area contributed by atoms with Gasteiger partial charge >= 0.3 is 0 Å². The molecule has 0 bridgehead atoms. The van der Waals surface area contributed by atoms with Crippen LogP contribution in [0.1, 0.15) is 104 Å². The van der Waals surface area contributed by atoms with E-state index in [1.54, 1.807) is 0 Å². The number of aliphatic hydroxyl groups is 1. The van der Waals surface area contributed by atoms with Gasteiger partial charge in [-0.05, 0) is 84.1 Å². The number of benzene rings is 1. The molecular weight excluding hydrogens is 628 g/mol. The van der Waals surface area contributed by atoms with E-state index in [0.717, 1.165) is 56.8 Å². The second kappa shape index (κ2) is 16.0. The van der Waals surface area contributed by atoms with Gasteiger partial charge in [-0.1, -0.05) is 68.9 Å². The first-order chi connectivity index (χ1) is 22.5. The van der Waals surface area contributed by atoms with Crippen molar-refractivity contribution in [3.8, 4) is 0 Å². The number of amides is 3. The average Bonchev–Trinajstić information content (AvgIpc) is 3.02. The highest BCUT2D eigenvalue weighted by molar-refractivity contribution is 7.92. The van der Waals surface area contributed by atoms with E-state index in [1.165, 1.54) is 20.3 Å². The number of rotatable bonds is 12. The summed E-state index contributed by atoms with van der Waals surface area (Å²) in [5.74, 6) is -0.370. The van der Waals surface area contributed by atoms with Crippen LogP contribution in [0.5, 0.6) is 0 Å². The summed E-state index contributed by atoms with van der Waals surface area (Å²) in [6.45, 7) is 9.66. The van der Waals surface area contributed by atoms with Gasteiger partial charge in [-0.15, -0.1) is 0 Å². The van der Waals surface area contributed by atoms with Gasteiger partial charge in [0.05, 0.1) is 22.9 Å². The molecule has 270 valence electrons. The van der Waals surface area contributed by atoms with Crippen molar-refractivity contribution in [3.05, 3.63) is 35.9 Å². The van der Waals surface area contributed by atoms with Gasteiger partial charge in [0.2, 0.25) is 17.7 Å². The second-order valence-corrected chi connectivity index (χ2v) is 18.9. The maximum atomic E-state index is 14.2. The lowest BCUT2D eigenvalue weighted by Crippen LogP contribution is -2.64. The Labute approximate surface area is 288 Å². The lowest BCUT2D eigenvalue weighted by Gasteiger charge is -2.47. The van der Waals surface area contributed by atoms with Gasteiger partial charge in [0.1, 0.15) is 6.04 Å². The number of likely N-dealkylation sites (tertiary alicyclic amines) is 1. The van der Waals surface area contributed by atoms with E-state index in [-0.39, 0.29) is 30.7 Å². The highest BCUT2D eigenvalue weighted by atomic mass is 32.2. The Hall–Kier alpha value is -2.50. The number of aliphatic hydroxyl groups excluding tert-OH is 1. The van der Waals surface area contributed by atoms with E-state index in [0.29, 0.717) is 31.2 Å². The standard InChI is InChI=1S/C37H60N4O6S/c1-36(2,3)40-34(44)30-22-27-19-13-14-20-28(27)23-41(30)24-31(42)29(21-25-15-9-7-10-16-25)38-35(45)32(37(4,5)48(6,46)47)39-33(43)26-17-11-8-12-18-26/h7,9-10,15-16,26-32,42H,8,11-14,17-24H2,1-6H3,(H,38,45)(H,39,43)(H,40,44). The molecule has 3 amide bonds. The van der Waals surface area contributed by atoms with E-state index in [1.807, 2.05) is 51.1 Å². The summed E-state index contributed by atoms with van der Waals surface area (Å²) in [5, 5.41) is 20.9. The van der Waals surface area contributed by atoms with E-state index in [4.69, 9.17) is 0 Å². The smallest absolute Gasteiger partial charge is 0.244 e. The topological polar surface area (TPSA) is 145 Å². The molecule has 1 aliphatic heterocycles. The number of fused-ring (bicyclic) bond motifs is 1. The monoisotopic (exact) mass is 688 g/mol. The number of nitrogens with one attached hydrogen (secondary N) is 3. The van der Waals surface area contributed by atoms with Crippen LogP contribution in [-0.4, -0.2) is 90.0 Å². The number of hydrogen-bond acceptors (Lipinski definition) is 7. The summed E-state index contributed by atoms with van der Waals surface area (Å²) in [5.41, 5.74) is 0.484. The number of hydrogen-bond donors (Lipinski definition) is 4. The van der Waals surface area contributed by atoms with E-state index >= 15 is 0 Å². The predicted molar refractivity (Wildman–Crippen MR) is 189 cm³/mol. The molecule has 4 rings (SSSR count). The molecular formula is C37H60N4O6S. The molecule has 1 saturated heterocycles. The van der Waals surface area contributed by atoms with Gasteiger partial charge in [0.25, 0.3) is 0 Å². The summed E-state index contributed by atoms with van der Waals surface area (Å²) in [6.07, 6.45) is 9.86. The number of sulfone groups is 1. The molecule has 1 aromatic carbocycles. The first-order valence-electron chi connectivity index (χ1n) is 18.0. The van der Waals surface area contributed by atoms with E-state index < -0.39 is 50.3 Å². The van der Waals surface area contributed by atoms with Crippen LogP contribution in [-0.2, 0) is 30.6 Å². The van der Waals surface area contributed by atoms with Crippen molar-refractivity contribution >= 4 is 27.6 Å². The Morgan fingerprint density at radius 2 is 1.48 bits per heavy atom. The number of piperidine rings is 1. The molecule has 2 aliphatic carbocycles. The normalized spacial score (nSPS) is 24.9. The molecule has 3 fully saturated rings.